The Morgan fingerprint density at radius 1 is 1.07 bits per heavy atom. The number of hydrogen-bond donors (Lipinski definition) is 1. The van der Waals surface area contributed by atoms with Crippen molar-refractivity contribution in [2.75, 3.05) is 25.1 Å². The third-order valence-corrected chi connectivity index (χ3v) is 4.85. The van der Waals surface area contributed by atoms with Crippen molar-refractivity contribution in [2.45, 2.75) is 32.1 Å². The van der Waals surface area contributed by atoms with E-state index >= 15 is 0 Å². The van der Waals surface area contributed by atoms with Gasteiger partial charge < -0.3 is 15.0 Å². The van der Waals surface area contributed by atoms with Crippen LogP contribution in [0.5, 0.6) is 5.75 Å². The number of benzene rings is 2. The van der Waals surface area contributed by atoms with Gasteiger partial charge in [-0.1, -0.05) is 12.1 Å². The predicted molar refractivity (Wildman–Crippen MR) is 106 cm³/mol. The Balaban J connectivity index is 1.45. The van der Waals surface area contributed by atoms with Gasteiger partial charge >= 0.3 is 0 Å². The van der Waals surface area contributed by atoms with Crippen LogP contribution >= 0.6 is 0 Å². The smallest absolute Gasteiger partial charge is 0.251 e. The van der Waals surface area contributed by atoms with Crippen LogP contribution in [0.4, 0.5) is 5.69 Å². The molecule has 27 heavy (non-hydrogen) atoms. The van der Waals surface area contributed by atoms with Crippen LogP contribution in [0, 0.1) is 0 Å². The molecule has 0 radical (unpaired) electrons. The number of nitrogens with one attached hydrogen (secondary N) is 1. The second-order valence-electron chi connectivity index (χ2n) is 6.76. The van der Waals surface area contributed by atoms with Gasteiger partial charge in [-0.15, -0.1) is 0 Å². The highest BCUT2D eigenvalue weighted by Crippen LogP contribution is 2.21. The summed E-state index contributed by atoms with van der Waals surface area (Å²) in [5, 5.41) is 2.96. The summed E-state index contributed by atoms with van der Waals surface area (Å²) in [6, 6.07) is 15.3. The van der Waals surface area contributed by atoms with Crippen molar-refractivity contribution in [1.29, 1.82) is 0 Å². The number of ether oxygens (including phenoxy) is 1. The number of nitrogens with zero attached hydrogens (tertiary/aromatic N) is 1. The van der Waals surface area contributed by atoms with Crippen LogP contribution in [0.3, 0.4) is 0 Å². The SMILES string of the molecule is COc1ccc(CCCNC(=O)c2ccc(N3CCCCC3=O)cc2)cc1. The van der Waals surface area contributed by atoms with E-state index in [-0.39, 0.29) is 11.8 Å². The lowest BCUT2D eigenvalue weighted by Crippen LogP contribution is -2.35. The molecule has 0 atom stereocenters. The van der Waals surface area contributed by atoms with E-state index in [1.807, 2.05) is 36.4 Å². The molecule has 3 rings (SSSR count). The van der Waals surface area contributed by atoms with Crippen LogP contribution in [0.15, 0.2) is 48.5 Å². The Bertz CT molecular complexity index is 769. The summed E-state index contributed by atoms with van der Waals surface area (Å²) in [4.78, 5) is 26.1. The number of piperidine rings is 1. The van der Waals surface area contributed by atoms with Crippen molar-refractivity contribution in [3.8, 4) is 5.75 Å². The standard InChI is InChI=1S/C22H26N2O3/c1-27-20-13-7-17(8-14-20)5-4-15-23-22(26)18-9-11-19(12-10-18)24-16-3-2-6-21(24)25/h7-14H,2-6,15-16H2,1H3,(H,23,26). The first-order valence-corrected chi connectivity index (χ1v) is 9.49. The van der Waals surface area contributed by atoms with Gasteiger partial charge in [0, 0.05) is 30.8 Å². The molecule has 2 aromatic rings. The topological polar surface area (TPSA) is 58.6 Å². The zero-order valence-electron chi connectivity index (χ0n) is 15.7. The van der Waals surface area contributed by atoms with E-state index in [9.17, 15) is 9.59 Å². The summed E-state index contributed by atoms with van der Waals surface area (Å²) >= 11 is 0. The minimum atomic E-state index is -0.0822. The normalized spacial score (nSPS) is 14.1. The molecular formula is C22H26N2O3. The van der Waals surface area contributed by atoms with Gasteiger partial charge in [0.05, 0.1) is 7.11 Å². The summed E-state index contributed by atoms with van der Waals surface area (Å²) in [6.07, 6.45) is 4.38. The van der Waals surface area contributed by atoms with Crippen molar-refractivity contribution < 1.29 is 14.3 Å². The molecule has 0 spiro atoms. The molecule has 142 valence electrons. The summed E-state index contributed by atoms with van der Waals surface area (Å²) in [7, 11) is 1.65. The Hall–Kier alpha value is -2.82. The first kappa shape index (κ1) is 19.0. The van der Waals surface area contributed by atoms with Gasteiger partial charge in [0.2, 0.25) is 5.91 Å². The summed E-state index contributed by atoms with van der Waals surface area (Å²) in [5.41, 5.74) is 2.71. The van der Waals surface area contributed by atoms with E-state index in [1.165, 1.54) is 5.56 Å². The maximum atomic E-state index is 12.3. The van der Waals surface area contributed by atoms with Crippen molar-refractivity contribution in [2.24, 2.45) is 0 Å². The molecule has 1 fully saturated rings. The fourth-order valence-corrected chi connectivity index (χ4v) is 3.26. The van der Waals surface area contributed by atoms with Crippen molar-refractivity contribution in [1.82, 2.24) is 5.32 Å². The maximum Gasteiger partial charge on any atom is 0.251 e. The molecule has 2 aromatic carbocycles. The molecule has 1 saturated heterocycles. The number of carbonyl (C=O) groups is 2. The Kier molecular flexibility index (Phi) is 6.47. The van der Waals surface area contributed by atoms with Gasteiger partial charge in [-0.3, -0.25) is 9.59 Å². The van der Waals surface area contributed by atoms with Crippen LogP contribution in [0.2, 0.25) is 0 Å². The second-order valence-corrected chi connectivity index (χ2v) is 6.76. The van der Waals surface area contributed by atoms with Crippen LogP contribution in [-0.2, 0) is 11.2 Å². The van der Waals surface area contributed by atoms with Gasteiger partial charge in [-0.2, -0.15) is 0 Å². The monoisotopic (exact) mass is 366 g/mol. The van der Waals surface area contributed by atoms with Gasteiger partial charge in [0.25, 0.3) is 5.91 Å². The number of hydrogen-bond acceptors (Lipinski definition) is 3. The molecule has 1 N–H and O–H groups in total. The van der Waals surface area contributed by atoms with Crippen LogP contribution in [-0.4, -0.2) is 32.0 Å². The first-order chi connectivity index (χ1) is 13.2. The minimum absolute atomic E-state index is 0.0822. The number of anilines is 1. The molecule has 1 aliphatic heterocycles. The number of rotatable bonds is 7. The largest absolute Gasteiger partial charge is 0.497 e. The molecule has 1 heterocycles. The molecule has 2 amide bonds. The molecular weight excluding hydrogens is 340 g/mol. The Labute approximate surface area is 160 Å². The summed E-state index contributed by atoms with van der Waals surface area (Å²) in [6.45, 7) is 1.38. The van der Waals surface area contributed by atoms with Gasteiger partial charge in [0.1, 0.15) is 5.75 Å². The zero-order valence-corrected chi connectivity index (χ0v) is 15.7. The highest BCUT2D eigenvalue weighted by Gasteiger charge is 2.19. The molecule has 0 saturated carbocycles. The zero-order chi connectivity index (χ0) is 19.1. The number of methoxy groups -OCH3 is 1. The van der Waals surface area contributed by atoms with Gasteiger partial charge in [-0.25, -0.2) is 0 Å². The third kappa shape index (κ3) is 5.09. The Morgan fingerprint density at radius 3 is 2.48 bits per heavy atom. The average Bonchev–Trinajstić information content (AvgIpc) is 2.72. The lowest BCUT2D eigenvalue weighted by Gasteiger charge is -2.26. The molecule has 0 bridgehead atoms. The van der Waals surface area contributed by atoms with Crippen molar-refractivity contribution >= 4 is 17.5 Å². The molecule has 5 heteroatoms. The van der Waals surface area contributed by atoms with E-state index in [0.717, 1.165) is 43.7 Å². The third-order valence-electron chi connectivity index (χ3n) is 4.85. The van der Waals surface area contributed by atoms with Gasteiger partial charge in [0.15, 0.2) is 0 Å². The lowest BCUT2D eigenvalue weighted by molar-refractivity contribution is -0.119. The van der Waals surface area contributed by atoms with Crippen LogP contribution in [0.25, 0.3) is 0 Å². The lowest BCUT2D eigenvalue weighted by atomic mass is 10.1. The molecule has 0 aliphatic carbocycles. The summed E-state index contributed by atoms with van der Waals surface area (Å²) in [5.74, 6) is 0.931. The molecule has 5 nitrogen and oxygen atoms in total. The van der Waals surface area contributed by atoms with Gasteiger partial charge in [-0.05, 0) is 67.6 Å². The van der Waals surface area contributed by atoms with E-state index in [0.29, 0.717) is 18.5 Å². The fourth-order valence-electron chi connectivity index (χ4n) is 3.26. The van der Waals surface area contributed by atoms with Crippen LogP contribution in [0.1, 0.15) is 41.6 Å². The first-order valence-electron chi connectivity index (χ1n) is 9.49. The molecule has 1 aliphatic rings. The highest BCUT2D eigenvalue weighted by molar-refractivity contribution is 5.96. The highest BCUT2D eigenvalue weighted by atomic mass is 16.5. The van der Waals surface area contributed by atoms with Crippen molar-refractivity contribution in [3.63, 3.8) is 0 Å². The quantitative estimate of drug-likeness (QED) is 0.762. The second kappa shape index (κ2) is 9.21. The van der Waals surface area contributed by atoms with E-state index < -0.39 is 0 Å². The Morgan fingerprint density at radius 2 is 1.81 bits per heavy atom. The van der Waals surface area contributed by atoms with Crippen molar-refractivity contribution in [3.05, 3.63) is 59.7 Å². The number of carbonyl (C=O) groups excluding carboxylic acids is 2. The van der Waals surface area contributed by atoms with E-state index in [1.54, 1.807) is 24.1 Å². The minimum Gasteiger partial charge on any atom is -0.497 e. The van der Waals surface area contributed by atoms with E-state index in [2.05, 4.69) is 5.32 Å². The molecule has 0 aromatic heterocycles. The number of aryl methyl sites for hydroxylation is 1. The molecule has 0 unspecified atom stereocenters. The summed E-state index contributed by atoms with van der Waals surface area (Å²) < 4.78 is 5.15. The average molecular weight is 366 g/mol. The maximum absolute atomic E-state index is 12.3. The van der Waals surface area contributed by atoms with E-state index in [4.69, 9.17) is 4.74 Å². The predicted octanol–water partition coefficient (Wildman–Crippen LogP) is 3.57. The number of amides is 2. The van der Waals surface area contributed by atoms with Crippen LogP contribution < -0.4 is 15.0 Å². The fraction of sp³-hybridized carbons (Fsp3) is 0.364.